The topological polar surface area (TPSA) is 87.7 Å². The van der Waals surface area contributed by atoms with Gasteiger partial charge in [-0.3, -0.25) is 9.59 Å². The summed E-state index contributed by atoms with van der Waals surface area (Å²) in [5.74, 6) is -0.514. The van der Waals surface area contributed by atoms with E-state index < -0.39 is 23.8 Å². The van der Waals surface area contributed by atoms with Gasteiger partial charge in [-0.25, -0.2) is 4.79 Å². The van der Waals surface area contributed by atoms with E-state index in [0.717, 1.165) is 36.8 Å². The number of aryl methyl sites for hydroxylation is 1. The Morgan fingerprint density at radius 1 is 1.12 bits per heavy atom. The van der Waals surface area contributed by atoms with Crippen LogP contribution in [0.3, 0.4) is 0 Å². The van der Waals surface area contributed by atoms with Gasteiger partial charge in [0.2, 0.25) is 11.8 Å². The van der Waals surface area contributed by atoms with E-state index in [9.17, 15) is 14.4 Å². The molecule has 0 heterocycles. The fourth-order valence-electron chi connectivity index (χ4n) is 3.67. The van der Waals surface area contributed by atoms with Crippen LogP contribution in [0.15, 0.2) is 24.3 Å². The second-order valence-electron chi connectivity index (χ2n) is 9.78. The highest BCUT2D eigenvalue weighted by atomic mass is 32.1. The summed E-state index contributed by atoms with van der Waals surface area (Å²) < 4.78 is 5.33. The predicted octanol–water partition coefficient (Wildman–Crippen LogP) is 4.79. The zero-order chi connectivity index (χ0) is 25.9. The zero-order valence-corrected chi connectivity index (χ0v) is 22.7. The third-order valence-corrected chi connectivity index (χ3v) is 5.60. The van der Waals surface area contributed by atoms with E-state index in [2.05, 4.69) is 30.2 Å². The van der Waals surface area contributed by atoms with Gasteiger partial charge in [-0.15, -0.1) is 0 Å². The van der Waals surface area contributed by atoms with E-state index in [-0.39, 0.29) is 23.6 Å². The molecule has 0 spiro atoms. The number of carbonyl (C=O) groups excluding carboxylic acids is 3. The van der Waals surface area contributed by atoms with Gasteiger partial charge >= 0.3 is 6.09 Å². The van der Waals surface area contributed by atoms with Gasteiger partial charge in [-0.2, -0.15) is 12.6 Å². The van der Waals surface area contributed by atoms with Crippen molar-refractivity contribution in [3.05, 3.63) is 35.4 Å². The minimum Gasteiger partial charge on any atom is -0.444 e. The number of nitrogens with one attached hydrogen (secondary N) is 2. The molecule has 0 aliphatic heterocycles. The SMILES string of the molecule is CCCCN(C(=O)C(CS)NC(=O)OC(C)(C)C)C(C(=O)NC(C)CCC)c1cccc(C)c1. The van der Waals surface area contributed by atoms with Crippen LogP contribution >= 0.6 is 12.6 Å². The van der Waals surface area contributed by atoms with Crippen LogP contribution in [-0.4, -0.2) is 52.8 Å². The second kappa shape index (κ2) is 14.2. The second-order valence-corrected chi connectivity index (χ2v) is 10.1. The molecule has 8 heteroatoms. The summed E-state index contributed by atoms with van der Waals surface area (Å²) >= 11 is 4.32. The monoisotopic (exact) mass is 493 g/mol. The summed E-state index contributed by atoms with van der Waals surface area (Å²) in [6, 6.07) is 5.87. The first-order chi connectivity index (χ1) is 15.9. The van der Waals surface area contributed by atoms with Crippen LogP contribution in [0, 0.1) is 6.92 Å². The first-order valence-electron chi connectivity index (χ1n) is 12.2. The van der Waals surface area contributed by atoms with Gasteiger partial charge in [0.05, 0.1) is 0 Å². The normalized spacial score (nSPS) is 14.0. The Balaban J connectivity index is 3.35. The van der Waals surface area contributed by atoms with Crippen molar-refractivity contribution >= 4 is 30.5 Å². The zero-order valence-electron chi connectivity index (χ0n) is 21.8. The van der Waals surface area contributed by atoms with Gasteiger partial charge in [0.1, 0.15) is 17.7 Å². The lowest BCUT2D eigenvalue weighted by Crippen LogP contribution is -2.54. The third-order valence-electron chi connectivity index (χ3n) is 5.24. The van der Waals surface area contributed by atoms with Crippen molar-refractivity contribution in [3.8, 4) is 0 Å². The summed E-state index contributed by atoms with van der Waals surface area (Å²) in [7, 11) is 0. The molecule has 0 radical (unpaired) electrons. The lowest BCUT2D eigenvalue weighted by atomic mass is 10.00. The van der Waals surface area contributed by atoms with E-state index in [1.807, 2.05) is 45.0 Å². The number of hydrogen-bond donors (Lipinski definition) is 3. The van der Waals surface area contributed by atoms with E-state index in [1.54, 1.807) is 25.7 Å². The summed E-state index contributed by atoms with van der Waals surface area (Å²) in [5, 5.41) is 5.71. The smallest absolute Gasteiger partial charge is 0.408 e. The molecular formula is C26H43N3O4S. The lowest BCUT2D eigenvalue weighted by molar-refractivity contribution is -0.142. The molecular weight excluding hydrogens is 450 g/mol. The number of ether oxygens (including phenoxy) is 1. The highest BCUT2D eigenvalue weighted by Crippen LogP contribution is 2.25. The Bertz CT molecular complexity index is 809. The Morgan fingerprint density at radius 3 is 2.32 bits per heavy atom. The Labute approximate surface area is 210 Å². The number of hydrogen-bond acceptors (Lipinski definition) is 5. The van der Waals surface area contributed by atoms with Crippen molar-refractivity contribution in [1.29, 1.82) is 0 Å². The molecule has 0 saturated carbocycles. The fourth-order valence-corrected chi connectivity index (χ4v) is 3.92. The van der Waals surface area contributed by atoms with Gasteiger partial charge in [0, 0.05) is 18.3 Å². The molecule has 7 nitrogen and oxygen atoms in total. The molecule has 0 saturated heterocycles. The molecule has 1 aromatic rings. The molecule has 192 valence electrons. The van der Waals surface area contributed by atoms with Crippen LogP contribution in [0.5, 0.6) is 0 Å². The molecule has 2 N–H and O–H groups in total. The molecule has 1 rings (SSSR count). The number of alkyl carbamates (subject to hydrolysis) is 1. The standard InChI is InChI=1S/C26H43N3O4S/c1-8-10-15-29(24(31)21(17-34)28-25(32)33-26(5,6)7)22(20-14-11-13-18(3)16-20)23(30)27-19(4)12-9-2/h11,13-14,16,19,21-22,34H,8-10,12,15,17H2,1-7H3,(H,27,30)(H,28,32). The molecule has 3 amide bonds. The molecule has 0 bridgehead atoms. The molecule has 0 aromatic heterocycles. The van der Waals surface area contributed by atoms with Crippen molar-refractivity contribution in [2.24, 2.45) is 0 Å². The molecule has 0 fully saturated rings. The van der Waals surface area contributed by atoms with Gasteiger partial charge in [0.15, 0.2) is 0 Å². The fraction of sp³-hybridized carbons (Fsp3) is 0.654. The first kappa shape index (κ1) is 29.8. The van der Waals surface area contributed by atoms with Crippen molar-refractivity contribution in [2.45, 2.75) is 97.9 Å². The quantitative estimate of drug-likeness (QED) is 0.365. The molecule has 3 unspecified atom stereocenters. The number of rotatable bonds is 12. The molecule has 34 heavy (non-hydrogen) atoms. The van der Waals surface area contributed by atoms with Crippen LogP contribution in [-0.2, 0) is 14.3 Å². The van der Waals surface area contributed by atoms with Crippen LogP contribution in [0.25, 0.3) is 0 Å². The van der Waals surface area contributed by atoms with Crippen LogP contribution in [0.4, 0.5) is 4.79 Å². The number of amides is 3. The van der Waals surface area contributed by atoms with Crippen LogP contribution in [0.1, 0.15) is 84.4 Å². The number of benzene rings is 1. The molecule has 1 aromatic carbocycles. The summed E-state index contributed by atoms with van der Waals surface area (Å²) in [6.07, 6.45) is 2.66. The minimum atomic E-state index is -0.928. The van der Waals surface area contributed by atoms with Gasteiger partial charge < -0.3 is 20.3 Å². The third kappa shape index (κ3) is 9.95. The average molecular weight is 494 g/mol. The van der Waals surface area contributed by atoms with Gasteiger partial charge in [-0.05, 0) is 53.0 Å². The Kier molecular flexibility index (Phi) is 12.5. The maximum Gasteiger partial charge on any atom is 0.408 e. The van der Waals surface area contributed by atoms with Crippen LogP contribution in [0.2, 0.25) is 0 Å². The Hall–Kier alpha value is -2.22. The minimum absolute atomic E-state index is 0.0199. The van der Waals surface area contributed by atoms with Crippen LogP contribution < -0.4 is 10.6 Å². The predicted molar refractivity (Wildman–Crippen MR) is 140 cm³/mol. The van der Waals surface area contributed by atoms with E-state index in [4.69, 9.17) is 4.74 Å². The van der Waals surface area contributed by atoms with Crippen molar-refractivity contribution in [3.63, 3.8) is 0 Å². The highest BCUT2D eigenvalue weighted by Gasteiger charge is 2.36. The number of unbranched alkanes of at least 4 members (excludes halogenated alkanes) is 1. The molecule has 0 aliphatic rings. The maximum absolute atomic E-state index is 13.7. The summed E-state index contributed by atoms with van der Waals surface area (Å²) in [5.41, 5.74) is 1.04. The largest absolute Gasteiger partial charge is 0.444 e. The van der Waals surface area contributed by atoms with Crippen molar-refractivity contribution < 1.29 is 19.1 Å². The average Bonchev–Trinajstić information content (AvgIpc) is 2.73. The molecule has 0 aliphatic carbocycles. The first-order valence-corrected chi connectivity index (χ1v) is 12.8. The summed E-state index contributed by atoms with van der Waals surface area (Å²) in [4.78, 5) is 41.2. The lowest BCUT2D eigenvalue weighted by Gasteiger charge is -2.35. The maximum atomic E-state index is 13.7. The van der Waals surface area contributed by atoms with Gasteiger partial charge in [-0.1, -0.05) is 56.5 Å². The number of thiol groups is 1. The van der Waals surface area contributed by atoms with Gasteiger partial charge in [0.25, 0.3) is 0 Å². The van der Waals surface area contributed by atoms with Crippen molar-refractivity contribution in [2.75, 3.05) is 12.3 Å². The van der Waals surface area contributed by atoms with E-state index in [1.165, 1.54) is 0 Å². The molecule has 3 atom stereocenters. The Morgan fingerprint density at radius 2 is 1.79 bits per heavy atom. The highest BCUT2D eigenvalue weighted by molar-refractivity contribution is 7.80. The van der Waals surface area contributed by atoms with E-state index in [0.29, 0.717) is 6.54 Å². The number of nitrogens with zero attached hydrogens (tertiary/aromatic N) is 1. The number of carbonyl (C=O) groups is 3. The summed E-state index contributed by atoms with van der Waals surface area (Å²) in [6.45, 7) is 13.7. The van der Waals surface area contributed by atoms with E-state index >= 15 is 0 Å². The van der Waals surface area contributed by atoms with Crippen molar-refractivity contribution in [1.82, 2.24) is 15.5 Å².